The second-order valence-electron chi connectivity index (χ2n) is 7.83. The molecule has 0 aliphatic heterocycles. The maximum atomic E-state index is 11.1. The van der Waals surface area contributed by atoms with E-state index in [1.807, 2.05) is 24.3 Å². The number of rotatable bonds is 8. The number of benzene rings is 2. The van der Waals surface area contributed by atoms with Gasteiger partial charge in [-0.25, -0.2) is 0 Å². The molecule has 0 unspecified atom stereocenters. The van der Waals surface area contributed by atoms with Gasteiger partial charge in [0.05, 0.1) is 36.3 Å². The van der Waals surface area contributed by atoms with Gasteiger partial charge in [0.15, 0.2) is 0 Å². The van der Waals surface area contributed by atoms with E-state index in [4.69, 9.17) is 9.84 Å². The molecular formula is C27H25N3O3. The molecule has 0 fully saturated rings. The van der Waals surface area contributed by atoms with Crippen molar-refractivity contribution in [1.29, 1.82) is 0 Å². The SMILES string of the molecule is CC#C[C@@H](CC(=O)O)c1ccc(OCc2ccc3ccn(Cc4cnccn4)c3c2C)cc1. The number of carboxylic acids is 1. The van der Waals surface area contributed by atoms with E-state index in [2.05, 4.69) is 57.7 Å². The third-order valence-corrected chi connectivity index (χ3v) is 5.62. The number of carboxylic acid groups (broad SMARTS) is 1. The third-order valence-electron chi connectivity index (χ3n) is 5.62. The molecule has 4 aromatic rings. The van der Waals surface area contributed by atoms with Crippen LogP contribution in [0.25, 0.3) is 10.9 Å². The average Bonchev–Trinajstić information content (AvgIpc) is 3.22. The number of aromatic nitrogens is 3. The third kappa shape index (κ3) is 5.21. The highest BCUT2D eigenvalue weighted by atomic mass is 16.5. The van der Waals surface area contributed by atoms with Gasteiger partial charge in [0.1, 0.15) is 12.4 Å². The number of fused-ring (bicyclic) bond motifs is 1. The second kappa shape index (κ2) is 10.0. The Labute approximate surface area is 192 Å². The summed E-state index contributed by atoms with van der Waals surface area (Å²) in [4.78, 5) is 19.7. The van der Waals surface area contributed by atoms with Crippen LogP contribution in [-0.2, 0) is 17.9 Å². The summed E-state index contributed by atoms with van der Waals surface area (Å²) >= 11 is 0. The Kier molecular flexibility index (Phi) is 6.70. The predicted octanol–water partition coefficient (Wildman–Crippen LogP) is 4.95. The molecule has 1 N–H and O–H groups in total. The highest BCUT2D eigenvalue weighted by molar-refractivity contribution is 5.84. The van der Waals surface area contributed by atoms with Gasteiger partial charge < -0.3 is 14.4 Å². The van der Waals surface area contributed by atoms with Crippen molar-refractivity contribution in [3.05, 3.63) is 89.6 Å². The summed E-state index contributed by atoms with van der Waals surface area (Å²) < 4.78 is 8.23. The summed E-state index contributed by atoms with van der Waals surface area (Å²) in [5, 5.41) is 10.3. The van der Waals surface area contributed by atoms with Gasteiger partial charge in [-0.2, -0.15) is 0 Å². The van der Waals surface area contributed by atoms with E-state index in [-0.39, 0.29) is 12.3 Å². The molecule has 0 saturated heterocycles. The Balaban J connectivity index is 1.50. The lowest BCUT2D eigenvalue weighted by molar-refractivity contribution is -0.137. The zero-order chi connectivity index (χ0) is 23.2. The molecule has 0 saturated carbocycles. The topological polar surface area (TPSA) is 77.2 Å². The van der Waals surface area contributed by atoms with Crippen LogP contribution in [-0.4, -0.2) is 25.6 Å². The lowest BCUT2D eigenvalue weighted by Gasteiger charge is -2.13. The lowest BCUT2D eigenvalue weighted by atomic mass is 9.96. The first-order valence-electron chi connectivity index (χ1n) is 10.7. The molecule has 2 aromatic heterocycles. The number of aryl methyl sites for hydroxylation is 1. The van der Waals surface area contributed by atoms with Crippen molar-refractivity contribution >= 4 is 16.9 Å². The van der Waals surface area contributed by atoms with Gasteiger partial charge in [0, 0.05) is 18.6 Å². The smallest absolute Gasteiger partial charge is 0.304 e. The monoisotopic (exact) mass is 439 g/mol. The molecule has 4 rings (SSSR count). The van der Waals surface area contributed by atoms with E-state index in [1.165, 1.54) is 5.39 Å². The van der Waals surface area contributed by atoms with Crippen LogP contribution >= 0.6 is 0 Å². The van der Waals surface area contributed by atoms with Crippen molar-refractivity contribution in [3.63, 3.8) is 0 Å². The highest BCUT2D eigenvalue weighted by Crippen LogP contribution is 2.26. The number of hydrogen-bond donors (Lipinski definition) is 1. The summed E-state index contributed by atoms with van der Waals surface area (Å²) in [6, 6.07) is 13.8. The minimum absolute atomic E-state index is 0.0194. The second-order valence-corrected chi connectivity index (χ2v) is 7.83. The quantitative estimate of drug-likeness (QED) is 0.393. The van der Waals surface area contributed by atoms with E-state index < -0.39 is 5.97 Å². The highest BCUT2D eigenvalue weighted by Gasteiger charge is 2.14. The molecule has 166 valence electrons. The van der Waals surface area contributed by atoms with Crippen LogP contribution in [0.2, 0.25) is 0 Å². The van der Waals surface area contributed by atoms with Crippen LogP contribution in [0.4, 0.5) is 0 Å². The van der Waals surface area contributed by atoms with Crippen molar-refractivity contribution in [3.8, 4) is 17.6 Å². The lowest BCUT2D eigenvalue weighted by Crippen LogP contribution is -2.05. The molecule has 0 amide bonds. The molecule has 0 bridgehead atoms. The predicted molar refractivity (Wildman–Crippen MR) is 127 cm³/mol. The zero-order valence-electron chi connectivity index (χ0n) is 18.7. The van der Waals surface area contributed by atoms with Gasteiger partial charge in [-0.05, 0) is 54.1 Å². The van der Waals surface area contributed by atoms with Crippen molar-refractivity contribution in [2.45, 2.75) is 39.3 Å². The van der Waals surface area contributed by atoms with Crippen molar-refractivity contribution in [2.75, 3.05) is 0 Å². The normalized spacial score (nSPS) is 11.6. The number of carbonyl (C=O) groups is 1. The summed E-state index contributed by atoms with van der Waals surface area (Å²) in [7, 11) is 0. The van der Waals surface area contributed by atoms with Gasteiger partial charge in [-0.15, -0.1) is 5.92 Å². The Morgan fingerprint density at radius 2 is 1.97 bits per heavy atom. The number of ether oxygens (including phenoxy) is 1. The number of hydrogen-bond acceptors (Lipinski definition) is 4. The summed E-state index contributed by atoms with van der Waals surface area (Å²) in [6.45, 7) is 4.92. The Morgan fingerprint density at radius 1 is 1.15 bits per heavy atom. The molecule has 0 radical (unpaired) electrons. The van der Waals surface area contributed by atoms with E-state index in [9.17, 15) is 4.79 Å². The molecule has 2 heterocycles. The molecule has 33 heavy (non-hydrogen) atoms. The molecule has 0 spiro atoms. The molecular weight excluding hydrogens is 414 g/mol. The van der Waals surface area contributed by atoms with E-state index >= 15 is 0 Å². The molecule has 1 atom stereocenters. The molecule has 6 nitrogen and oxygen atoms in total. The standard InChI is InChI=1S/C27H25N3O3/c1-3-4-22(15-26(31)32)20-7-9-25(10-8-20)33-18-23-6-5-21-11-14-30(27(21)19(23)2)17-24-16-28-12-13-29-24/h5-14,16,22H,15,17-18H2,1-2H3,(H,31,32)/t22-/m0/s1. The fraction of sp³-hybridized carbons (Fsp3) is 0.222. The van der Waals surface area contributed by atoms with Crippen LogP contribution < -0.4 is 4.74 Å². The van der Waals surface area contributed by atoms with Gasteiger partial charge >= 0.3 is 5.97 Å². The van der Waals surface area contributed by atoms with Gasteiger partial charge in [0.25, 0.3) is 0 Å². The average molecular weight is 440 g/mol. The van der Waals surface area contributed by atoms with E-state index in [0.717, 1.165) is 33.7 Å². The van der Waals surface area contributed by atoms with Crippen LogP contribution in [0.3, 0.4) is 0 Å². The van der Waals surface area contributed by atoms with Crippen LogP contribution in [0.1, 0.15) is 41.6 Å². The first kappa shape index (κ1) is 22.1. The Morgan fingerprint density at radius 3 is 2.67 bits per heavy atom. The number of aliphatic carboxylic acids is 1. The first-order chi connectivity index (χ1) is 16.0. The summed E-state index contributed by atoms with van der Waals surface area (Å²) in [5.74, 6) is 5.33. The fourth-order valence-electron chi connectivity index (χ4n) is 3.96. The summed E-state index contributed by atoms with van der Waals surface area (Å²) in [6.07, 6.45) is 7.22. The van der Waals surface area contributed by atoms with Crippen LogP contribution in [0.15, 0.2) is 67.3 Å². The molecule has 0 aliphatic carbocycles. The molecule has 2 aromatic carbocycles. The van der Waals surface area contributed by atoms with Crippen LogP contribution in [0, 0.1) is 18.8 Å². The minimum atomic E-state index is -0.863. The van der Waals surface area contributed by atoms with Crippen molar-refractivity contribution in [2.24, 2.45) is 0 Å². The Bertz CT molecular complexity index is 1320. The fourth-order valence-corrected chi connectivity index (χ4v) is 3.96. The Hall–Kier alpha value is -4.11. The minimum Gasteiger partial charge on any atom is -0.489 e. The number of nitrogens with zero attached hydrogens (tertiary/aromatic N) is 3. The van der Waals surface area contributed by atoms with Gasteiger partial charge in [-0.3, -0.25) is 14.8 Å². The first-order valence-corrected chi connectivity index (χ1v) is 10.7. The van der Waals surface area contributed by atoms with Gasteiger partial charge in [0.2, 0.25) is 0 Å². The largest absolute Gasteiger partial charge is 0.489 e. The van der Waals surface area contributed by atoms with E-state index in [1.54, 1.807) is 25.5 Å². The van der Waals surface area contributed by atoms with E-state index in [0.29, 0.717) is 13.2 Å². The summed E-state index contributed by atoms with van der Waals surface area (Å²) in [5.41, 5.74) is 5.21. The maximum Gasteiger partial charge on any atom is 0.304 e. The molecule has 0 aliphatic rings. The van der Waals surface area contributed by atoms with Gasteiger partial charge in [-0.1, -0.05) is 30.2 Å². The molecule has 6 heteroatoms. The zero-order valence-corrected chi connectivity index (χ0v) is 18.7. The van der Waals surface area contributed by atoms with Crippen LogP contribution in [0.5, 0.6) is 5.75 Å². The van der Waals surface area contributed by atoms with Crippen molar-refractivity contribution in [1.82, 2.24) is 14.5 Å². The van der Waals surface area contributed by atoms with Crippen molar-refractivity contribution < 1.29 is 14.6 Å². The maximum absolute atomic E-state index is 11.1.